The maximum Gasteiger partial charge on any atom is 0.255 e. The maximum absolute atomic E-state index is 12.5. The number of nitrogens with zero attached hydrogens (tertiary/aromatic N) is 2. The third kappa shape index (κ3) is 3.76. The number of ether oxygens (including phenoxy) is 2. The van der Waals surface area contributed by atoms with Crippen molar-refractivity contribution >= 4 is 11.6 Å². The number of methoxy groups -OCH3 is 2. The highest BCUT2D eigenvalue weighted by molar-refractivity contribution is 6.04. The first-order valence-corrected chi connectivity index (χ1v) is 8.64. The number of amides is 1. The number of nitrogens with one attached hydrogen (secondary N) is 1. The molecule has 1 heterocycles. The molecule has 138 valence electrons. The van der Waals surface area contributed by atoms with E-state index in [0.717, 1.165) is 18.4 Å². The molecule has 0 atom stereocenters. The molecule has 4 rings (SSSR count). The van der Waals surface area contributed by atoms with E-state index in [4.69, 9.17) is 14.0 Å². The molecular weight excluding hydrogens is 346 g/mol. The summed E-state index contributed by atoms with van der Waals surface area (Å²) >= 11 is 0. The Hall–Kier alpha value is -3.35. The van der Waals surface area contributed by atoms with Crippen molar-refractivity contribution in [2.24, 2.45) is 0 Å². The van der Waals surface area contributed by atoms with Crippen LogP contribution in [-0.4, -0.2) is 30.3 Å². The fourth-order valence-corrected chi connectivity index (χ4v) is 2.70. The Labute approximate surface area is 156 Å². The minimum absolute atomic E-state index is 0.233. The van der Waals surface area contributed by atoms with Gasteiger partial charge in [0.15, 0.2) is 0 Å². The highest BCUT2D eigenvalue weighted by Crippen LogP contribution is 2.39. The van der Waals surface area contributed by atoms with Crippen LogP contribution in [0.5, 0.6) is 11.5 Å². The molecule has 0 aliphatic heterocycles. The zero-order valence-corrected chi connectivity index (χ0v) is 15.1. The van der Waals surface area contributed by atoms with Crippen molar-refractivity contribution in [2.45, 2.75) is 18.8 Å². The zero-order valence-electron chi connectivity index (χ0n) is 15.1. The standard InChI is InChI=1S/C20H19N3O4/c1-25-16-9-15(10-17(11-16)26-2)21-19(24)13-5-3-12(4-6-13)18-22-20(27-23-18)14-7-8-14/h3-6,9-11,14H,7-8H2,1-2H3,(H,21,24). The van der Waals surface area contributed by atoms with E-state index in [2.05, 4.69) is 15.5 Å². The number of rotatable bonds is 6. The minimum atomic E-state index is -0.233. The van der Waals surface area contributed by atoms with Crippen molar-refractivity contribution < 1.29 is 18.8 Å². The molecule has 0 spiro atoms. The lowest BCUT2D eigenvalue weighted by molar-refractivity contribution is 0.102. The summed E-state index contributed by atoms with van der Waals surface area (Å²) in [5, 5.41) is 6.86. The molecule has 0 bridgehead atoms. The van der Waals surface area contributed by atoms with Gasteiger partial charge < -0.3 is 19.3 Å². The third-order valence-corrected chi connectivity index (χ3v) is 4.38. The van der Waals surface area contributed by atoms with Crippen LogP contribution in [0.3, 0.4) is 0 Å². The van der Waals surface area contributed by atoms with Gasteiger partial charge in [-0.25, -0.2) is 0 Å². The van der Waals surface area contributed by atoms with Crippen LogP contribution in [0, 0.1) is 0 Å². The molecule has 0 unspecified atom stereocenters. The molecule has 1 N–H and O–H groups in total. The average molecular weight is 365 g/mol. The van der Waals surface area contributed by atoms with E-state index < -0.39 is 0 Å². The summed E-state index contributed by atoms with van der Waals surface area (Å²) in [6, 6.07) is 12.3. The summed E-state index contributed by atoms with van der Waals surface area (Å²) in [6.07, 6.45) is 2.21. The minimum Gasteiger partial charge on any atom is -0.497 e. The molecule has 1 aliphatic rings. The van der Waals surface area contributed by atoms with Gasteiger partial charge in [0.05, 0.1) is 14.2 Å². The van der Waals surface area contributed by atoms with Gasteiger partial charge in [-0.05, 0) is 25.0 Å². The number of anilines is 1. The van der Waals surface area contributed by atoms with Gasteiger partial charge in [-0.15, -0.1) is 0 Å². The molecule has 0 saturated heterocycles. The highest BCUT2D eigenvalue weighted by atomic mass is 16.5. The van der Waals surface area contributed by atoms with E-state index in [1.54, 1.807) is 44.6 Å². The fraction of sp³-hybridized carbons (Fsp3) is 0.250. The van der Waals surface area contributed by atoms with Crippen LogP contribution in [-0.2, 0) is 0 Å². The SMILES string of the molecule is COc1cc(NC(=O)c2ccc(-c3noc(C4CC4)n3)cc2)cc(OC)c1. The molecule has 1 aliphatic carbocycles. The number of aromatic nitrogens is 2. The number of hydrogen-bond acceptors (Lipinski definition) is 6. The van der Waals surface area contributed by atoms with Crippen molar-refractivity contribution in [2.75, 3.05) is 19.5 Å². The fourth-order valence-electron chi connectivity index (χ4n) is 2.70. The highest BCUT2D eigenvalue weighted by Gasteiger charge is 2.29. The van der Waals surface area contributed by atoms with E-state index in [9.17, 15) is 4.79 Å². The van der Waals surface area contributed by atoms with Crippen LogP contribution in [0.25, 0.3) is 11.4 Å². The van der Waals surface area contributed by atoms with Crippen LogP contribution in [0.1, 0.15) is 35.0 Å². The number of benzene rings is 2. The van der Waals surface area contributed by atoms with Crippen LogP contribution < -0.4 is 14.8 Å². The molecule has 0 radical (unpaired) electrons. The van der Waals surface area contributed by atoms with Crippen molar-refractivity contribution in [1.82, 2.24) is 10.1 Å². The van der Waals surface area contributed by atoms with Gasteiger partial charge in [0.25, 0.3) is 5.91 Å². The molecule has 7 nitrogen and oxygen atoms in total. The van der Waals surface area contributed by atoms with Crippen LogP contribution in [0.15, 0.2) is 47.0 Å². The zero-order chi connectivity index (χ0) is 18.8. The quantitative estimate of drug-likeness (QED) is 0.713. The average Bonchev–Trinajstić information content (AvgIpc) is 3.44. The predicted molar refractivity (Wildman–Crippen MR) is 99.2 cm³/mol. The summed E-state index contributed by atoms with van der Waals surface area (Å²) in [6.45, 7) is 0. The number of carbonyl (C=O) groups excluding carboxylic acids is 1. The third-order valence-electron chi connectivity index (χ3n) is 4.38. The molecule has 3 aromatic rings. The normalized spacial score (nSPS) is 13.3. The summed E-state index contributed by atoms with van der Waals surface area (Å²) < 4.78 is 15.7. The van der Waals surface area contributed by atoms with E-state index >= 15 is 0 Å². The maximum atomic E-state index is 12.5. The van der Waals surface area contributed by atoms with Gasteiger partial charge >= 0.3 is 0 Å². The van der Waals surface area contributed by atoms with E-state index in [1.807, 2.05) is 12.1 Å². The number of carbonyl (C=O) groups is 1. The number of hydrogen-bond donors (Lipinski definition) is 1. The Balaban J connectivity index is 1.49. The second-order valence-electron chi connectivity index (χ2n) is 6.36. The van der Waals surface area contributed by atoms with E-state index in [-0.39, 0.29) is 5.91 Å². The van der Waals surface area contributed by atoms with Crippen molar-refractivity contribution in [3.05, 3.63) is 53.9 Å². The van der Waals surface area contributed by atoms with E-state index in [1.165, 1.54) is 0 Å². The molecular formula is C20H19N3O4. The summed E-state index contributed by atoms with van der Waals surface area (Å²) in [5.74, 6) is 2.62. The van der Waals surface area contributed by atoms with Crippen LogP contribution in [0.4, 0.5) is 5.69 Å². The molecule has 1 amide bonds. The first-order valence-electron chi connectivity index (χ1n) is 8.64. The molecule has 27 heavy (non-hydrogen) atoms. The van der Waals surface area contributed by atoms with Gasteiger partial charge in [-0.3, -0.25) is 4.79 Å². The van der Waals surface area contributed by atoms with Crippen LogP contribution in [0.2, 0.25) is 0 Å². The van der Waals surface area contributed by atoms with Gasteiger partial charge in [-0.1, -0.05) is 17.3 Å². The lowest BCUT2D eigenvalue weighted by Gasteiger charge is -2.10. The second kappa shape index (κ2) is 7.11. The molecule has 7 heteroatoms. The Morgan fingerprint density at radius 1 is 1.07 bits per heavy atom. The molecule has 2 aromatic carbocycles. The Bertz CT molecular complexity index is 939. The second-order valence-corrected chi connectivity index (χ2v) is 6.36. The van der Waals surface area contributed by atoms with Gasteiger partial charge in [0.1, 0.15) is 11.5 Å². The van der Waals surface area contributed by atoms with Crippen molar-refractivity contribution in [3.63, 3.8) is 0 Å². The largest absolute Gasteiger partial charge is 0.497 e. The summed E-state index contributed by atoms with van der Waals surface area (Å²) in [4.78, 5) is 16.9. The van der Waals surface area contributed by atoms with Crippen molar-refractivity contribution in [3.8, 4) is 22.9 Å². The topological polar surface area (TPSA) is 86.5 Å². The summed E-state index contributed by atoms with van der Waals surface area (Å²) in [5.41, 5.74) is 1.92. The van der Waals surface area contributed by atoms with Gasteiger partial charge in [0.2, 0.25) is 11.7 Å². The van der Waals surface area contributed by atoms with E-state index in [0.29, 0.717) is 40.4 Å². The van der Waals surface area contributed by atoms with Gasteiger partial charge in [-0.2, -0.15) is 4.98 Å². The Morgan fingerprint density at radius 2 is 1.74 bits per heavy atom. The molecule has 1 aromatic heterocycles. The summed E-state index contributed by atoms with van der Waals surface area (Å²) in [7, 11) is 3.12. The molecule has 1 fully saturated rings. The molecule has 1 saturated carbocycles. The predicted octanol–water partition coefficient (Wildman–Crippen LogP) is 3.88. The monoisotopic (exact) mass is 365 g/mol. The lowest BCUT2D eigenvalue weighted by Crippen LogP contribution is -2.12. The van der Waals surface area contributed by atoms with Crippen molar-refractivity contribution in [1.29, 1.82) is 0 Å². The Kier molecular flexibility index (Phi) is 4.50. The van der Waals surface area contributed by atoms with Gasteiger partial charge in [0, 0.05) is 40.9 Å². The smallest absolute Gasteiger partial charge is 0.255 e. The Morgan fingerprint density at radius 3 is 2.33 bits per heavy atom. The lowest BCUT2D eigenvalue weighted by atomic mass is 10.1. The first-order chi connectivity index (χ1) is 13.2. The first kappa shape index (κ1) is 17.1. The van der Waals surface area contributed by atoms with Crippen LogP contribution >= 0.6 is 0 Å².